The Bertz CT molecular complexity index is 691. The Hall–Kier alpha value is -1.60. The van der Waals surface area contributed by atoms with Crippen LogP contribution in [0.15, 0.2) is 29.2 Å². The van der Waals surface area contributed by atoms with Crippen molar-refractivity contribution < 1.29 is 17.9 Å². The molecule has 0 aliphatic heterocycles. The average molecular weight is 356 g/mol. The quantitative estimate of drug-likeness (QED) is 0.880. The summed E-state index contributed by atoms with van der Waals surface area (Å²) in [6.07, 6.45) is -0.575. The zero-order chi connectivity index (χ0) is 18.8. The first-order chi connectivity index (χ1) is 10.7. The van der Waals surface area contributed by atoms with Crippen LogP contribution in [-0.2, 0) is 14.8 Å². The predicted molar refractivity (Wildman–Crippen MR) is 94.4 cm³/mol. The maximum absolute atomic E-state index is 12.7. The number of ether oxygens (including phenoxy) is 1. The molecule has 0 bridgehead atoms. The standard InChI is InChI=1S/C17H28N2O4S/c1-13-10-8-9-11-14(13)24(21,22)19(7)12-17(5,6)18-15(20)23-16(2,3)4/h8-11H,12H2,1-7H3,(H,18,20). The van der Waals surface area contributed by atoms with E-state index in [-0.39, 0.29) is 11.4 Å². The van der Waals surface area contributed by atoms with Gasteiger partial charge in [0.05, 0.1) is 10.4 Å². The van der Waals surface area contributed by atoms with Crippen LogP contribution >= 0.6 is 0 Å². The SMILES string of the molecule is Cc1ccccc1S(=O)(=O)N(C)CC(C)(C)NC(=O)OC(C)(C)C. The maximum Gasteiger partial charge on any atom is 0.408 e. The van der Waals surface area contributed by atoms with Crippen LogP contribution in [0.1, 0.15) is 40.2 Å². The van der Waals surface area contributed by atoms with Crippen LogP contribution in [-0.4, -0.2) is 43.5 Å². The molecule has 136 valence electrons. The number of amides is 1. The number of aryl methyl sites for hydroxylation is 1. The van der Waals surface area contributed by atoms with Crippen molar-refractivity contribution in [2.24, 2.45) is 0 Å². The smallest absolute Gasteiger partial charge is 0.408 e. The third kappa shape index (κ3) is 5.79. The minimum atomic E-state index is -3.63. The molecule has 1 rings (SSSR count). The molecule has 0 aromatic heterocycles. The highest BCUT2D eigenvalue weighted by atomic mass is 32.2. The number of carbonyl (C=O) groups excluding carboxylic acids is 1. The van der Waals surface area contributed by atoms with Gasteiger partial charge in [-0.3, -0.25) is 0 Å². The van der Waals surface area contributed by atoms with Crippen molar-refractivity contribution in [2.45, 2.75) is 57.6 Å². The highest BCUT2D eigenvalue weighted by molar-refractivity contribution is 7.89. The minimum Gasteiger partial charge on any atom is -0.444 e. The fraction of sp³-hybridized carbons (Fsp3) is 0.588. The van der Waals surface area contributed by atoms with E-state index in [0.29, 0.717) is 5.56 Å². The lowest BCUT2D eigenvalue weighted by Crippen LogP contribution is -2.52. The lowest BCUT2D eigenvalue weighted by Gasteiger charge is -2.32. The number of hydrogen-bond donors (Lipinski definition) is 1. The first-order valence-electron chi connectivity index (χ1n) is 7.78. The second-order valence-electron chi connectivity index (χ2n) is 7.54. The summed E-state index contributed by atoms with van der Waals surface area (Å²) >= 11 is 0. The van der Waals surface area contributed by atoms with Crippen molar-refractivity contribution in [3.63, 3.8) is 0 Å². The van der Waals surface area contributed by atoms with E-state index in [2.05, 4.69) is 5.32 Å². The van der Waals surface area contributed by atoms with Crippen molar-refractivity contribution in [3.8, 4) is 0 Å². The van der Waals surface area contributed by atoms with Crippen molar-refractivity contribution in [3.05, 3.63) is 29.8 Å². The second-order valence-corrected chi connectivity index (χ2v) is 9.55. The Balaban J connectivity index is 2.87. The lowest BCUT2D eigenvalue weighted by atomic mass is 10.1. The molecule has 0 saturated heterocycles. The zero-order valence-electron chi connectivity index (χ0n) is 15.5. The van der Waals surface area contributed by atoms with Crippen molar-refractivity contribution in [1.82, 2.24) is 9.62 Å². The number of rotatable bonds is 5. The average Bonchev–Trinajstić information content (AvgIpc) is 2.34. The van der Waals surface area contributed by atoms with E-state index in [1.54, 1.807) is 65.8 Å². The molecular formula is C17H28N2O4S. The van der Waals surface area contributed by atoms with Crippen LogP contribution in [0, 0.1) is 6.92 Å². The number of hydrogen-bond acceptors (Lipinski definition) is 4. The summed E-state index contributed by atoms with van der Waals surface area (Å²) in [7, 11) is -2.13. The molecule has 0 aliphatic rings. The van der Waals surface area contributed by atoms with Gasteiger partial charge in [-0.2, -0.15) is 4.31 Å². The van der Waals surface area contributed by atoms with E-state index in [4.69, 9.17) is 4.74 Å². The van der Waals surface area contributed by atoms with Gasteiger partial charge < -0.3 is 10.1 Å². The van der Waals surface area contributed by atoms with Crippen LogP contribution in [0.2, 0.25) is 0 Å². The number of carbonyl (C=O) groups is 1. The van der Waals surface area contributed by atoms with Crippen LogP contribution in [0.25, 0.3) is 0 Å². The predicted octanol–water partition coefficient (Wildman–Crippen LogP) is 2.92. The normalized spacial score (nSPS) is 13.0. The third-order valence-corrected chi connectivity index (χ3v) is 5.20. The highest BCUT2D eigenvalue weighted by Gasteiger charge is 2.31. The Labute approximate surface area is 145 Å². The molecule has 1 aromatic rings. The Morgan fingerprint density at radius 1 is 1.17 bits per heavy atom. The van der Waals surface area contributed by atoms with E-state index < -0.39 is 27.3 Å². The van der Waals surface area contributed by atoms with Gasteiger partial charge in [-0.1, -0.05) is 18.2 Å². The number of benzene rings is 1. The molecule has 0 atom stereocenters. The number of likely N-dealkylation sites (N-methyl/N-ethyl adjacent to an activating group) is 1. The van der Waals surface area contributed by atoms with Gasteiger partial charge in [0, 0.05) is 13.6 Å². The molecule has 1 aromatic carbocycles. The minimum absolute atomic E-state index is 0.114. The van der Waals surface area contributed by atoms with E-state index in [1.165, 1.54) is 11.4 Å². The van der Waals surface area contributed by atoms with Crippen molar-refractivity contribution in [2.75, 3.05) is 13.6 Å². The summed E-state index contributed by atoms with van der Waals surface area (Å²) in [5, 5.41) is 2.71. The molecule has 0 heterocycles. The Kier molecular flexibility index (Phi) is 6.05. The molecule has 0 radical (unpaired) electrons. The van der Waals surface area contributed by atoms with Gasteiger partial charge in [0.1, 0.15) is 5.60 Å². The van der Waals surface area contributed by atoms with Gasteiger partial charge in [-0.05, 0) is 53.2 Å². The van der Waals surface area contributed by atoms with Gasteiger partial charge >= 0.3 is 6.09 Å². The number of alkyl carbamates (subject to hydrolysis) is 1. The summed E-state index contributed by atoms with van der Waals surface area (Å²) in [5.74, 6) is 0. The molecule has 1 N–H and O–H groups in total. The number of nitrogens with zero attached hydrogens (tertiary/aromatic N) is 1. The Morgan fingerprint density at radius 2 is 1.71 bits per heavy atom. The van der Waals surface area contributed by atoms with Crippen LogP contribution in [0.3, 0.4) is 0 Å². The van der Waals surface area contributed by atoms with Crippen LogP contribution < -0.4 is 5.32 Å². The largest absolute Gasteiger partial charge is 0.444 e. The molecule has 0 fully saturated rings. The fourth-order valence-corrected chi connectivity index (χ4v) is 3.83. The summed E-state index contributed by atoms with van der Waals surface area (Å²) in [6.45, 7) is 10.7. The lowest BCUT2D eigenvalue weighted by molar-refractivity contribution is 0.0464. The number of nitrogens with one attached hydrogen (secondary N) is 1. The fourth-order valence-electron chi connectivity index (χ4n) is 2.27. The molecule has 1 amide bonds. The van der Waals surface area contributed by atoms with Gasteiger partial charge in [0.2, 0.25) is 10.0 Å². The molecule has 7 heteroatoms. The first kappa shape index (κ1) is 20.4. The molecule has 0 spiro atoms. The van der Waals surface area contributed by atoms with E-state index in [9.17, 15) is 13.2 Å². The molecule has 0 unspecified atom stereocenters. The molecular weight excluding hydrogens is 328 g/mol. The topological polar surface area (TPSA) is 75.7 Å². The first-order valence-corrected chi connectivity index (χ1v) is 9.22. The molecule has 0 aliphatic carbocycles. The zero-order valence-corrected chi connectivity index (χ0v) is 16.3. The van der Waals surface area contributed by atoms with Crippen LogP contribution in [0.5, 0.6) is 0 Å². The summed E-state index contributed by atoms with van der Waals surface area (Å²) in [5.41, 5.74) is -0.714. The summed E-state index contributed by atoms with van der Waals surface area (Å²) in [4.78, 5) is 12.2. The van der Waals surface area contributed by atoms with E-state index in [0.717, 1.165) is 0 Å². The van der Waals surface area contributed by atoms with Gasteiger partial charge in [0.25, 0.3) is 0 Å². The van der Waals surface area contributed by atoms with E-state index >= 15 is 0 Å². The van der Waals surface area contributed by atoms with Crippen molar-refractivity contribution >= 4 is 16.1 Å². The molecule has 6 nitrogen and oxygen atoms in total. The summed E-state index contributed by atoms with van der Waals surface area (Å²) in [6, 6.07) is 6.82. The summed E-state index contributed by atoms with van der Waals surface area (Å²) < 4.78 is 31.9. The van der Waals surface area contributed by atoms with Crippen molar-refractivity contribution in [1.29, 1.82) is 0 Å². The van der Waals surface area contributed by atoms with Gasteiger partial charge in [-0.25, -0.2) is 13.2 Å². The van der Waals surface area contributed by atoms with E-state index in [1.807, 2.05) is 0 Å². The number of sulfonamides is 1. The molecule has 0 saturated carbocycles. The third-order valence-electron chi connectivity index (χ3n) is 3.24. The van der Waals surface area contributed by atoms with Gasteiger partial charge in [0.15, 0.2) is 0 Å². The monoisotopic (exact) mass is 356 g/mol. The Morgan fingerprint density at radius 3 is 2.21 bits per heavy atom. The molecule has 24 heavy (non-hydrogen) atoms. The maximum atomic E-state index is 12.7. The van der Waals surface area contributed by atoms with Crippen LogP contribution in [0.4, 0.5) is 4.79 Å². The second kappa shape index (κ2) is 7.11. The highest BCUT2D eigenvalue weighted by Crippen LogP contribution is 2.20. The van der Waals surface area contributed by atoms with Gasteiger partial charge in [-0.15, -0.1) is 0 Å².